The second kappa shape index (κ2) is 5.14. The van der Waals surface area contributed by atoms with Gasteiger partial charge >= 0.3 is 0 Å². The molecule has 19 heavy (non-hydrogen) atoms. The molecular weight excluding hydrogens is 238 g/mol. The Morgan fingerprint density at radius 3 is 2.79 bits per heavy atom. The Kier molecular flexibility index (Phi) is 3.19. The molecule has 0 saturated heterocycles. The lowest BCUT2D eigenvalue weighted by molar-refractivity contribution is 0.0989. The fourth-order valence-corrected chi connectivity index (χ4v) is 2.27. The van der Waals surface area contributed by atoms with Crippen molar-refractivity contribution in [2.45, 2.75) is 6.42 Å². The van der Waals surface area contributed by atoms with Gasteiger partial charge in [-0.3, -0.25) is 4.79 Å². The van der Waals surface area contributed by atoms with Gasteiger partial charge in [-0.1, -0.05) is 36.4 Å². The Hall–Kier alpha value is -2.29. The number of ketones is 1. The minimum absolute atomic E-state index is 0.0896. The van der Waals surface area contributed by atoms with Gasteiger partial charge in [0.25, 0.3) is 0 Å². The first-order valence-corrected chi connectivity index (χ1v) is 6.41. The number of carbonyl (C=O) groups is 1. The van der Waals surface area contributed by atoms with Crippen LogP contribution >= 0.6 is 0 Å². The Balaban J connectivity index is 1.88. The van der Waals surface area contributed by atoms with Crippen LogP contribution in [0.5, 0.6) is 5.75 Å². The van der Waals surface area contributed by atoms with Crippen molar-refractivity contribution in [2.24, 2.45) is 0 Å². The van der Waals surface area contributed by atoms with Gasteiger partial charge in [0.1, 0.15) is 6.61 Å². The summed E-state index contributed by atoms with van der Waals surface area (Å²) in [4.78, 5) is 12.4. The van der Waals surface area contributed by atoms with E-state index in [9.17, 15) is 4.79 Å². The minimum atomic E-state index is 0.0896. The summed E-state index contributed by atoms with van der Waals surface area (Å²) in [6, 6.07) is 15.4. The van der Waals surface area contributed by atoms with Crippen LogP contribution in [0.15, 0.2) is 48.5 Å². The summed E-state index contributed by atoms with van der Waals surface area (Å²) in [6.45, 7) is 1.38. The summed E-state index contributed by atoms with van der Waals surface area (Å²) in [6.07, 6.45) is 0.403. The summed E-state index contributed by atoms with van der Waals surface area (Å²) in [5.74, 6) is 0.779. The quantitative estimate of drug-likeness (QED) is 0.855. The first-order valence-electron chi connectivity index (χ1n) is 6.41. The topological polar surface area (TPSA) is 38.3 Å². The molecule has 3 rings (SSSR count). The van der Waals surface area contributed by atoms with Gasteiger partial charge in [-0.2, -0.15) is 0 Å². The average molecular weight is 253 g/mol. The molecule has 0 saturated carbocycles. The Morgan fingerprint density at radius 1 is 1.11 bits per heavy atom. The molecule has 1 aliphatic heterocycles. The molecule has 0 unspecified atom stereocenters. The molecule has 0 aliphatic carbocycles. The maximum absolute atomic E-state index is 12.4. The molecule has 2 aromatic carbocycles. The van der Waals surface area contributed by atoms with E-state index in [1.165, 1.54) is 0 Å². The molecule has 0 aromatic heterocycles. The van der Waals surface area contributed by atoms with Gasteiger partial charge in [-0.05, 0) is 17.7 Å². The van der Waals surface area contributed by atoms with E-state index in [1.807, 2.05) is 48.5 Å². The van der Waals surface area contributed by atoms with E-state index >= 15 is 0 Å². The number of benzene rings is 2. The largest absolute Gasteiger partial charge is 0.489 e. The lowest BCUT2D eigenvalue weighted by Gasteiger charge is -2.21. The Labute approximate surface area is 112 Å². The fraction of sp³-hybridized carbons (Fsp3) is 0.188. The highest BCUT2D eigenvalue weighted by Gasteiger charge is 2.18. The second-order valence-electron chi connectivity index (χ2n) is 4.54. The summed E-state index contributed by atoms with van der Waals surface area (Å²) in [5.41, 5.74) is 2.59. The first-order chi connectivity index (χ1) is 9.34. The summed E-state index contributed by atoms with van der Waals surface area (Å²) in [7, 11) is 0. The maximum Gasteiger partial charge on any atom is 0.171 e. The molecule has 3 heteroatoms. The zero-order chi connectivity index (χ0) is 13.1. The molecule has 0 spiro atoms. The van der Waals surface area contributed by atoms with Gasteiger partial charge in [0.15, 0.2) is 11.5 Å². The number of ether oxygens (including phenoxy) is 1. The number of carbonyl (C=O) groups excluding carboxylic acids is 1. The Morgan fingerprint density at radius 2 is 1.95 bits per heavy atom. The number of hydrogen-bond acceptors (Lipinski definition) is 3. The molecule has 3 nitrogen and oxygen atoms in total. The monoisotopic (exact) mass is 253 g/mol. The lowest BCUT2D eigenvalue weighted by atomic mass is 10.0. The number of para-hydroxylation sites is 1. The molecule has 0 bridgehead atoms. The number of anilines is 1. The third-order valence-corrected chi connectivity index (χ3v) is 3.19. The van der Waals surface area contributed by atoms with Gasteiger partial charge in [0.05, 0.1) is 11.3 Å². The highest BCUT2D eigenvalue weighted by Crippen LogP contribution is 2.31. The molecular formula is C16H15NO2. The zero-order valence-corrected chi connectivity index (χ0v) is 10.6. The molecule has 1 heterocycles. The third-order valence-electron chi connectivity index (χ3n) is 3.19. The van der Waals surface area contributed by atoms with E-state index in [0.29, 0.717) is 24.3 Å². The number of Topliss-reactive ketones (excluding diaryl/α,β-unsaturated/α-hetero) is 1. The molecule has 0 radical (unpaired) electrons. The number of nitrogens with one attached hydrogen (secondary N) is 1. The molecule has 1 N–H and O–H groups in total. The van der Waals surface area contributed by atoms with Crippen LogP contribution in [0.25, 0.3) is 0 Å². The SMILES string of the molecule is O=C(Cc1ccccc1)c1cccc2c1OCCN2. The smallest absolute Gasteiger partial charge is 0.171 e. The number of rotatable bonds is 3. The van der Waals surface area contributed by atoms with Crippen LogP contribution in [0.1, 0.15) is 15.9 Å². The molecule has 2 aromatic rings. The molecule has 0 amide bonds. The van der Waals surface area contributed by atoms with Crippen LogP contribution in [0, 0.1) is 0 Å². The molecule has 1 aliphatic rings. The van der Waals surface area contributed by atoms with Gasteiger partial charge in [-0.25, -0.2) is 0 Å². The van der Waals surface area contributed by atoms with Crippen molar-refractivity contribution >= 4 is 11.5 Å². The maximum atomic E-state index is 12.4. The average Bonchev–Trinajstić information content (AvgIpc) is 2.47. The summed E-state index contributed by atoms with van der Waals surface area (Å²) >= 11 is 0. The van der Waals surface area contributed by atoms with Gasteiger partial charge in [0.2, 0.25) is 0 Å². The van der Waals surface area contributed by atoms with Crippen LogP contribution in [-0.4, -0.2) is 18.9 Å². The van der Waals surface area contributed by atoms with Crippen molar-refractivity contribution in [1.29, 1.82) is 0 Å². The van der Waals surface area contributed by atoms with Crippen molar-refractivity contribution in [1.82, 2.24) is 0 Å². The molecule has 0 fully saturated rings. The van der Waals surface area contributed by atoms with E-state index < -0.39 is 0 Å². The first kappa shape index (κ1) is 11.8. The van der Waals surface area contributed by atoms with Crippen LogP contribution in [0.3, 0.4) is 0 Å². The van der Waals surface area contributed by atoms with E-state index in [1.54, 1.807) is 0 Å². The third kappa shape index (κ3) is 2.45. The van der Waals surface area contributed by atoms with Crippen LogP contribution in [-0.2, 0) is 6.42 Å². The number of hydrogen-bond donors (Lipinski definition) is 1. The predicted octanol–water partition coefficient (Wildman–Crippen LogP) is 2.92. The highest BCUT2D eigenvalue weighted by atomic mass is 16.5. The fourth-order valence-electron chi connectivity index (χ4n) is 2.27. The molecule has 96 valence electrons. The van der Waals surface area contributed by atoms with Gasteiger partial charge in [0, 0.05) is 13.0 Å². The van der Waals surface area contributed by atoms with Crippen LogP contribution in [0.2, 0.25) is 0 Å². The van der Waals surface area contributed by atoms with Crippen molar-refractivity contribution < 1.29 is 9.53 Å². The number of fused-ring (bicyclic) bond motifs is 1. The van der Waals surface area contributed by atoms with E-state index in [0.717, 1.165) is 17.8 Å². The normalized spacial score (nSPS) is 13.1. The Bertz CT molecular complexity index is 593. The lowest BCUT2D eigenvalue weighted by Crippen LogP contribution is -2.20. The van der Waals surface area contributed by atoms with Crippen LogP contribution < -0.4 is 10.1 Å². The van der Waals surface area contributed by atoms with E-state index in [-0.39, 0.29) is 5.78 Å². The van der Waals surface area contributed by atoms with Crippen molar-refractivity contribution in [3.63, 3.8) is 0 Å². The second-order valence-corrected chi connectivity index (χ2v) is 4.54. The highest BCUT2D eigenvalue weighted by molar-refractivity contribution is 6.01. The van der Waals surface area contributed by atoms with E-state index in [4.69, 9.17) is 4.74 Å². The zero-order valence-electron chi connectivity index (χ0n) is 10.6. The van der Waals surface area contributed by atoms with Crippen molar-refractivity contribution in [2.75, 3.05) is 18.5 Å². The van der Waals surface area contributed by atoms with Crippen LogP contribution in [0.4, 0.5) is 5.69 Å². The van der Waals surface area contributed by atoms with Crippen molar-refractivity contribution in [3.05, 3.63) is 59.7 Å². The minimum Gasteiger partial charge on any atom is -0.489 e. The van der Waals surface area contributed by atoms with E-state index in [2.05, 4.69) is 5.32 Å². The van der Waals surface area contributed by atoms with Crippen molar-refractivity contribution in [3.8, 4) is 5.75 Å². The standard InChI is InChI=1S/C16H15NO2/c18-15(11-12-5-2-1-3-6-12)13-7-4-8-14-16(13)19-10-9-17-14/h1-8,17H,9-11H2. The predicted molar refractivity (Wildman–Crippen MR) is 74.9 cm³/mol. The summed E-state index contributed by atoms with van der Waals surface area (Å²) in [5, 5.41) is 3.24. The van der Waals surface area contributed by atoms with Gasteiger partial charge < -0.3 is 10.1 Å². The van der Waals surface area contributed by atoms with Gasteiger partial charge in [-0.15, -0.1) is 0 Å². The molecule has 0 atom stereocenters. The summed E-state index contributed by atoms with van der Waals surface area (Å²) < 4.78 is 5.63.